The number of carbonyl (C=O) groups is 3. The molecule has 0 aliphatic heterocycles. The summed E-state index contributed by atoms with van der Waals surface area (Å²) >= 11 is 7.04. The van der Waals surface area contributed by atoms with Gasteiger partial charge in [-0.3, -0.25) is 25.2 Å². The van der Waals surface area contributed by atoms with Crippen LogP contribution in [0.4, 0.5) is 0 Å². The summed E-state index contributed by atoms with van der Waals surface area (Å²) in [5.41, 5.74) is 4.76. The summed E-state index contributed by atoms with van der Waals surface area (Å²) < 4.78 is 0. The fraction of sp³-hybridized carbons (Fsp3) is 0.0714. The Kier molecular flexibility index (Phi) is 5.51. The van der Waals surface area contributed by atoms with Crippen LogP contribution >= 0.6 is 22.9 Å². The van der Waals surface area contributed by atoms with Gasteiger partial charge >= 0.3 is 0 Å². The van der Waals surface area contributed by atoms with Crippen molar-refractivity contribution in [3.05, 3.63) is 57.2 Å². The summed E-state index contributed by atoms with van der Waals surface area (Å²) in [4.78, 5) is 35.4. The van der Waals surface area contributed by atoms with Crippen molar-refractivity contribution >= 4 is 40.7 Å². The smallest absolute Gasteiger partial charge is 0.269 e. The maximum absolute atomic E-state index is 11.8. The summed E-state index contributed by atoms with van der Waals surface area (Å²) in [7, 11) is 0. The fourth-order valence-electron chi connectivity index (χ4n) is 1.53. The summed E-state index contributed by atoms with van der Waals surface area (Å²) in [6.07, 6.45) is 0. The van der Waals surface area contributed by atoms with Gasteiger partial charge in [0.05, 0.1) is 11.4 Å². The van der Waals surface area contributed by atoms with E-state index in [2.05, 4.69) is 16.2 Å². The standard InChI is InChI=1S/C14H12ClN3O3S/c15-10-4-1-3-9(7-10)13(20)18-17-12(19)8-16-14(21)11-5-2-6-22-11/h1-7H,8H2,(H,16,21)(H,17,19)(H,18,20). The van der Waals surface area contributed by atoms with E-state index < -0.39 is 11.8 Å². The highest BCUT2D eigenvalue weighted by Crippen LogP contribution is 2.10. The molecule has 3 amide bonds. The molecule has 0 saturated heterocycles. The number of amides is 3. The van der Waals surface area contributed by atoms with Gasteiger partial charge in [0, 0.05) is 10.6 Å². The number of halogens is 1. The maximum Gasteiger partial charge on any atom is 0.269 e. The normalized spacial score (nSPS) is 9.86. The second kappa shape index (κ2) is 7.58. The molecule has 0 saturated carbocycles. The van der Waals surface area contributed by atoms with Gasteiger partial charge in [0.15, 0.2) is 0 Å². The van der Waals surface area contributed by atoms with E-state index in [1.807, 2.05) is 0 Å². The fourth-order valence-corrected chi connectivity index (χ4v) is 2.36. The molecule has 1 aromatic carbocycles. The second-order valence-corrected chi connectivity index (χ2v) is 5.56. The van der Waals surface area contributed by atoms with Gasteiger partial charge in [-0.1, -0.05) is 23.7 Å². The molecule has 2 rings (SSSR count). The highest BCUT2D eigenvalue weighted by Gasteiger charge is 2.10. The van der Waals surface area contributed by atoms with E-state index in [1.165, 1.54) is 17.4 Å². The van der Waals surface area contributed by atoms with Crippen molar-refractivity contribution in [1.82, 2.24) is 16.2 Å². The largest absolute Gasteiger partial charge is 0.342 e. The van der Waals surface area contributed by atoms with Crippen molar-refractivity contribution in [2.24, 2.45) is 0 Å². The predicted octanol–water partition coefficient (Wildman–Crippen LogP) is 1.59. The van der Waals surface area contributed by atoms with E-state index in [9.17, 15) is 14.4 Å². The van der Waals surface area contributed by atoms with Crippen molar-refractivity contribution in [2.45, 2.75) is 0 Å². The second-order valence-electron chi connectivity index (χ2n) is 4.17. The van der Waals surface area contributed by atoms with Crippen molar-refractivity contribution < 1.29 is 14.4 Å². The Morgan fingerprint density at radius 2 is 1.86 bits per heavy atom. The van der Waals surface area contributed by atoms with Crippen LogP contribution < -0.4 is 16.2 Å². The average Bonchev–Trinajstić information content (AvgIpc) is 3.04. The average molecular weight is 338 g/mol. The highest BCUT2D eigenvalue weighted by atomic mass is 35.5. The molecule has 8 heteroatoms. The third-order valence-corrected chi connectivity index (χ3v) is 3.66. The first-order chi connectivity index (χ1) is 10.6. The zero-order valence-corrected chi connectivity index (χ0v) is 12.8. The molecule has 114 valence electrons. The number of rotatable bonds is 4. The molecule has 2 aromatic rings. The number of hydrogen-bond donors (Lipinski definition) is 3. The molecular weight excluding hydrogens is 326 g/mol. The van der Waals surface area contributed by atoms with Crippen LogP contribution in [-0.2, 0) is 4.79 Å². The van der Waals surface area contributed by atoms with Crippen molar-refractivity contribution in [3.63, 3.8) is 0 Å². The third kappa shape index (κ3) is 4.57. The van der Waals surface area contributed by atoms with Crippen LogP contribution in [0.15, 0.2) is 41.8 Å². The van der Waals surface area contributed by atoms with Gasteiger partial charge in [-0.15, -0.1) is 11.3 Å². The van der Waals surface area contributed by atoms with Crippen LogP contribution in [0, 0.1) is 0 Å². The lowest BCUT2D eigenvalue weighted by Crippen LogP contribution is -2.46. The zero-order valence-electron chi connectivity index (χ0n) is 11.3. The molecule has 6 nitrogen and oxygen atoms in total. The van der Waals surface area contributed by atoms with Gasteiger partial charge in [-0.2, -0.15) is 0 Å². The van der Waals surface area contributed by atoms with E-state index in [4.69, 9.17) is 11.6 Å². The molecule has 0 aliphatic rings. The van der Waals surface area contributed by atoms with E-state index in [0.717, 1.165) is 0 Å². The van der Waals surface area contributed by atoms with E-state index >= 15 is 0 Å². The Labute approximate surface area is 135 Å². The van der Waals surface area contributed by atoms with E-state index in [-0.39, 0.29) is 12.5 Å². The number of hydrogen-bond acceptors (Lipinski definition) is 4. The van der Waals surface area contributed by atoms with Crippen molar-refractivity contribution in [1.29, 1.82) is 0 Å². The molecule has 0 aliphatic carbocycles. The van der Waals surface area contributed by atoms with Gasteiger partial charge in [-0.25, -0.2) is 0 Å². The van der Waals surface area contributed by atoms with Crippen molar-refractivity contribution in [3.8, 4) is 0 Å². The lowest BCUT2D eigenvalue weighted by Gasteiger charge is -2.08. The minimum absolute atomic E-state index is 0.243. The Morgan fingerprint density at radius 1 is 1.05 bits per heavy atom. The van der Waals surface area contributed by atoms with Crippen LogP contribution in [0.25, 0.3) is 0 Å². The van der Waals surface area contributed by atoms with Gasteiger partial charge in [0.25, 0.3) is 17.7 Å². The van der Waals surface area contributed by atoms with Crippen LogP contribution in [0.2, 0.25) is 5.02 Å². The monoisotopic (exact) mass is 337 g/mol. The summed E-state index contributed by atoms with van der Waals surface area (Å²) in [6.45, 7) is -0.243. The molecule has 22 heavy (non-hydrogen) atoms. The molecule has 3 N–H and O–H groups in total. The quantitative estimate of drug-likeness (QED) is 0.740. The van der Waals surface area contributed by atoms with Gasteiger partial charge in [0.2, 0.25) is 0 Å². The van der Waals surface area contributed by atoms with Crippen LogP contribution in [0.1, 0.15) is 20.0 Å². The Balaban J connectivity index is 1.76. The number of carbonyl (C=O) groups excluding carboxylic acids is 3. The molecule has 0 spiro atoms. The first-order valence-electron chi connectivity index (χ1n) is 6.22. The molecule has 0 radical (unpaired) electrons. The lowest BCUT2D eigenvalue weighted by atomic mass is 10.2. The van der Waals surface area contributed by atoms with E-state index in [1.54, 1.807) is 35.7 Å². The molecule has 1 aromatic heterocycles. The molecular formula is C14H12ClN3O3S. The minimum Gasteiger partial charge on any atom is -0.342 e. The summed E-state index contributed by atoms with van der Waals surface area (Å²) in [5, 5.41) is 4.63. The van der Waals surface area contributed by atoms with E-state index in [0.29, 0.717) is 15.5 Å². The molecule has 0 unspecified atom stereocenters. The van der Waals surface area contributed by atoms with Crippen LogP contribution in [-0.4, -0.2) is 24.3 Å². The van der Waals surface area contributed by atoms with Gasteiger partial charge in [0.1, 0.15) is 0 Å². The number of nitrogens with one attached hydrogen (secondary N) is 3. The van der Waals surface area contributed by atoms with Crippen LogP contribution in [0.3, 0.4) is 0 Å². The Bertz CT molecular complexity index is 688. The Morgan fingerprint density at radius 3 is 2.55 bits per heavy atom. The van der Waals surface area contributed by atoms with Crippen molar-refractivity contribution in [2.75, 3.05) is 6.54 Å². The van der Waals surface area contributed by atoms with Gasteiger partial charge in [-0.05, 0) is 29.6 Å². The first kappa shape index (κ1) is 16.0. The Hall–Kier alpha value is -2.38. The predicted molar refractivity (Wildman–Crippen MR) is 83.7 cm³/mol. The molecule has 0 atom stereocenters. The number of benzene rings is 1. The first-order valence-corrected chi connectivity index (χ1v) is 7.48. The molecule has 0 bridgehead atoms. The number of hydrazine groups is 1. The molecule has 1 heterocycles. The molecule has 0 fully saturated rings. The minimum atomic E-state index is -0.541. The lowest BCUT2D eigenvalue weighted by molar-refractivity contribution is -0.120. The summed E-state index contributed by atoms with van der Waals surface area (Å²) in [5.74, 6) is -1.38. The topological polar surface area (TPSA) is 87.3 Å². The number of thiophene rings is 1. The maximum atomic E-state index is 11.8. The summed E-state index contributed by atoms with van der Waals surface area (Å²) in [6, 6.07) is 9.69. The third-order valence-electron chi connectivity index (χ3n) is 2.56. The highest BCUT2D eigenvalue weighted by molar-refractivity contribution is 7.12. The van der Waals surface area contributed by atoms with Crippen LogP contribution in [0.5, 0.6) is 0 Å². The zero-order chi connectivity index (χ0) is 15.9. The SMILES string of the molecule is O=C(CNC(=O)c1cccs1)NNC(=O)c1cccc(Cl)c1. The van der Waals surface area contributed by atoms with Gasteiger partial charge < -0.3 is 5.32 Å².